The van der Waals surface area contributed by atoms with Crippen molar-refractivity contribution in [2.45, 2.75) is 79.2 Å². The van der Waals surface area contributed by atoms with E-state index < -0.39 is 5.92 Å². The molecule has 0 N–H and O–H groups in total. The topological polar surface area (TPSA) is 55.8 Å². The fourth-order valence-electron chi connectivity index (χ4n) is 7.37. The van der Waals surface area contributed by atoms with Crippen LogP contribution >= 0.6 is 15.9 Å². The molecule has 6 heteroatoms. The molecule has 0 spiro atoms. The molecule has 6 rings (SSSR count). The molecular formula is C40H44BrNO4. The van der Waals surface area contributed by atoms with Gasteiger partial charge < -0.3 is 14.4 Å². The van der Waals surface area contributed by atoms with Gasteiger partial charge >= 0.3 is 0 Å². The summed E-state index contributed by atoms with van der Waals surface area (Å²) in [4.78, 5) is 30.8. The number of ether oxygens (including phenoxy) is 2. The monoisotopic (exact) mass is 681 g/mol. The van der Waals surface area contributed by atoms with Crippen molar-refractivity contribution in [3.63, 3.8) is 0 Å². The summed E-state index contributed by atoms with van der Waals surface area (Å²) in [5, 5.41) is 0. The third-order valence-electron chi connectivity index (χ3n) is 9.40. The summed E-state index contributed by atoms with van der Waals surface area (Å²) in [6, 6.07) is 24.5. The van der Waals surface area contributed by atoms with Crippen molar-refractivity contribution in [1.29, 1.82) is 0 Å². The van der Waals surface area contributed by atoms with E-state index in [0.717, 1.165) is 63.9 Å². The average Bonchev–Trinajstić information content (AvgIpc) is 2.99. The molecule has 1 heterocycles. The molecule has 3 aromatic carbocycles. The smallest absolute Gasteiger partial charge is 0.162 e. The standard InChI is InChI=1S/C40H44BrNO4/c1-6-45-35-20-28(14-17-34(35)46-25-27-12-15-29(41)16-13-27)36-37-30(21-39(2,3)23-32(37)43)42(19-18-26-10-8-7-9-11-26)31-22-40(4,5)24-33(44)38(31)36/h7-17,20,36H,6,18-19,21-25H2,1-5H3. The van der Waals surface area contributed by atoms with Crippen LogP contribution in [-0.4, -0.2) is 29.6 Å². The highest BCUT2D eigenvalue weighted by Crippen LogP contribution is 2.55. The first kappa shape index (κ1) is 32.3. The maximum Gasteiger partial charge on any atom is 0.162 e. The molecule has 0 amide bonds. The number of Topliss-reactive ketones (excluding diaryl/α,β-unsaturated/α-hetero) is 2. The first-order chi connectivity index (χ1) is 21.9. The Kier molecular flexibility index (Phi) is 9.04. The molecule has 0 aromatic heterocycles. The van der Waals surface area contributed by atoms with Gasteiger partial charge in [-0.2, -0.15) is 0 Å². The van der Waals surface area contributed by atoms with Crippen LogP contribution in [0.4, 0.5) is 0 Å². The second-order valence-electron chi connectivity index (χ2n) is 14.5. The first-order valence-corrected chi connectivity index (χ1v) is 17.2. The van der Waals surface area contributed by atoms with E-state index in [-0.39, 0.29) is 22.4 Å². The van der Waals surface area contributed by atoms with E-state index in [1.807, 2.05) is 55.5 Å². The summed E-state index contributed by atoms with van der Waals surface area (Å²) >= 11 is 3.49. The van der Waals surface area contributed by atoms with Crippen molar-refractivity contribution >= 4 is 27.5 Å². The molecule has 240 valence electrons. The van der Waals surface area contributed by atoms with Crippen LogP contribution in [0.3, 0.4) is 0 Å². The maximum atomic E-state index is 14.2. The summed E-state index contributed by atoms with van der Waals surface area (Å²) in [5.41, 5.74) is 6.60. The molecule has 0 saturated carbocycles. The Morgan fingerprint density at radius 2 is 1.35 bits per heavy atom. The van der Waals surface area contributed by atoms with Gasteiger partial charge in [-0.05, 0) is 78.0 Å². The number of halogens is 1. The lowest BCUT2D eigenvalue weighted by molar-refractivity contribution is -0.119. The number of carbonyl (C=O) groups is 2. The normalized spacial score (nSPS) is 19.2. The fraction of sp³-hybridized carbons (Fsp3) is 0.400. The quantitative estimate of drug-likeness (QED) is 0.225. The van der Waals surface area contributed by atoms with Crippen LogP contribution < -0.4 is 9.47 Å². The molecule has 0 radical (unpaired) electrons. The number of allylic oxidation sites excluding steroid dienone is 4. The zero-order chi connectivity index (χ0) is 32.6. The van der Waals surface area contributed by atoms with Gasteiger partial charge in [0.05, 0.1) is 6.61 Å². The number of rotatable bonds is 9. The number of nitrogens with zero attached hydrogens (tertiary/aromatic N) is 1. The van der Waals surface area contributed by atoms with Crippen molar-refractivity contribution in [3.05, 3.63) is 116 Å². The third kappa shape index (κ3) is 6.73. The highest BCUT2D eigenvalue weighted by molar-refractivity contribution is 9.10. The van der Waals surface area contributed by atoms with Gasteiger partial charge in [-0.1, -0.05) is 92.2 Å². The molecule has 5 nitrogen and oxygen atoms in total. The van der Waals surface area contributed by atoms with Crippen molar-refractivity contribution in [2.75, 3.05) is 13.2 Å². The minimum absolute atomic E-state index is 0.138. The van der Waals surface area contributed by atoms with Crippen LogP contribution in [-0.2, 0) is 22.6 Å². The molecule has 0 unspecified atom stereocenters. The Morgan fingerprint density at radius 3 is 1.93 bits per heavy atom. The largest absolute Gasteiger partial charge is 0.490 e. The number of ketones is 2. The fourth-order valence-corrected chi connectivity index (χ4v) is 7.63. The van der Waals surface area contributed by atoms with Crippen molar-refractivity contribution < 1.29 is 19.1 Å². The lowest BCUT2D eigenvalue weighted by Gasteiger charge is -2.49. The Labute approximate surface area is 281 Å². The molecule has 46 heavy (non-hydrogen) atoms. The van der Waals surface area contributed by atoms with Gasteiger partial charge in [0, 0.05) is 52.3 Å². The van der Waals surface area contributed by atoms with Crippen molar-refractivity contribution in [1.82, 2.24) is 4.90 Å². The highest BCUT2D eigenvalue weighted by atomic mass is 79.9. The molecule has 0 atom stereocenters. The lowest BCUT2D eigenvalue weighted by Crippen LogP contribution is -2.45. The molecule has 3 aliphatic rings. The van der Waals surface area contributed by atoms with Crippen LogP contribution in [0, 0.1) is 10.8 Å². The van der Waals surface area contributed by atoms with E-state index in [2.05, 4.69) is 72.8 Å². The van der Waals surface area contributed by atoms with Gasteiger partial charge in [0.25, 0.3) is 0 Å². The van der Waals surface area contributed by atoms with Gasteiger partial charge in [-0.25, -0.2) is 0 Å². The summed E-state index contributed by atoms with van der Waals surface area (Å²) in [5.74, 6) is 1.12. The molecule has 2 aliphatic carbocycles. The number of hydrogen-bond acceptors (Lipinski definition) is 5. The first-order valence-electron chi connectivity index (χ1n) is 16.4. The summed E-state index contributed by atoms with van der Waals surface area (Å²) in [6.07, 6.45) is 3.34. The van der Waals surface area contributed by atoms with Gasteiger partial charge in [0.15, 0.2) is 23.1 Å². The molecule has 1 aliphatic heterocycles. The van der Waals surface area contributed by atoms with Crippen LogP contribution in [0.1, 0.15) is 82.9 Å². The van der Waals surface area contributed by atoms with E-state index in [0.29, 0.717) is 37.6 Å². The van der Waals surface area contributed by atoms with Crippen molar-refractivity contribution in [3.8, 4) is 11.5 Å². The minimum atomic E-state index is -0.426. The second-order valence-corrected chi connectivity index (χ2v) is 15.4. The highest BCUT2D eigenvalue weighted by Gasteiger charge is 2.49. The van der Waals surface area contributed by atoms with E-state index in [4.69, 9.17) is 9.47 Å². The molecule has 0 saturated heterocycles. The maximum absolute atomic E-state index is 14.2. The number of carbonyl (C=O) groups excluding carboxylic acids is 2. The van der Waals surface area contributed by atoms with E-state index in [1.54, 1.807) is 0 Å². The SMILES string of the molecule is CCOc1cc(C2C3=C(CC(C)(C)CC3=O)N(CCc3ccccc3)C3=C2C(=O)CC(C)(C)C3)ccc1OCc1ccc(Br)cc1. The van der Waals surface area contributed by atoms with Gasteiger partial charge in [0.1, 0.15) is 6.61 Å². The lowest BCUT2D eigenvalue weighted by atomic mass is 9.63. The van der Waals surface area contributed by atoms with Gasteiger partial charge in [-0.3, -0.25) is 9.59 Å². The summed E-state index contributed by atoms with van der Waals surface area (Å²) in [6.45, 7) is 12.3. The van der Waals surface area contributed by atoms with E-state index in [9.17, 15) is 9.59 Å². The summed E-state index contributed by atoms with van der Waals surface area (Å²) in [7, 11) is 0. The van der Waals surface area contributed by atoms with Crippen LogP contribution in [0.2, 0.25) is 0 Å². The number of benzene rings is 3. The Balaban J connectivity index is 1.45. The zero-order valence-electron chi connectivity index (χ0n) is 27.6. The Morgan fingerprint density at radius 1 is 0.739 bits per heavy atom. The molecular weight excluding hydrogens is 638 g/mol. The second kappa shape index (κ2) is 12.9. The summed E-state index contributed by atoms with van der Waals surface area (Å²) < 4.78 is 13.4. The Bertz CT molecular complexity index is 1650. The van der Waals surface area contributed by atoms with Crippen molar-refractivity contribution in [2.24, 2.45) is 10.8 Å². The van der Waals surface area contributed by atoms with Gasteiger partial charge in [-0.15, -0.1) is 0 Å². The Hall–Kier alpha value is -3.64. The van der Waals surface area contributed by atoms with Crippen LogP contribution in [0.15, 0.2) is 99.8 Å². The average molecular weight is 683 g/mol. The third-order valence-corrected chi connectivity index (χ3v) is 9.93. The van der Waals surface area contributed by atoms with Crippen LogP contribution in [0.5, 0.6) is 11.5 Å². The van der Waals surface area contributed by atoms with E-state index >= 15 is 0 Å². The van der Waals surface area contributed by atoms with E-state index in [1.165, 1.54) is 5.56 Å². The molecule has 0 bridgehead atoms. The number of hydrogen-bond donors (Lipinski definition) is 0. The predicted octanol–water partition coefficient (Wildman–Crippen LogP) is 9.36. The molecule has 0 fully saturated rings. The minimum Gasteiger partial charge on any atom is -0.490 e. The van der Waals surface area contributed by atoms with Crippen LogP contribution in [0.25, 0.3) is 0 Å². The van der Waals surface area contributed by atoms with Gasteiger partial charge in [0.2, 0.25) is 0 Å². The predicted molar refractivity (Wildman–Crippen MR) is 186 cm³/mol. The zero-order valence-corrected chi connectivity index (χ0v) is 29.2. The molecule has 3 aromatic rings.